The number of anilines is 2. The van der Waals surface area contributed by atoms with Crippen LogP contribution in [0.15, 0.2) is 11.0 Å². The van der Waals surface area contributed by atoms with Crippen molar-refractivity contribution in [2.75, 3.05) is 5.32 Å². The summed E-state index contributed by atoms with van der Waals surface area (Å²) in [5.74, 6) is -0.341. The van der Waals surface area contributed by atoms with Gasteiger partial charge in [0, 0.05) is 11.2 Å². The third-order valence-electron chi connectivity index (χ3n) is 2.43. The molecule has 0 radical (unpaired) electrons. The molecule has 0 aliphatic carbocycles. The van der Waals surface area contributed by atoms with Gasteiger partial charge in [-0.15, -0.1) is 0 Å². The molecule has 10 heteroatoms. The summed E-state index contributed by atoms with van der Waals surface area (Å²) in [4.78, 5) is 29.3. The van der Waals surface area contributed by atoms with Crippen LogP contribution in [-0.2, 0) is 6.42 Å². The summed E-state index contributed by atoms with van der Waals surface area (Å²) in [6.07, 6.45) is 1.77. The van der Waals surface area contributed by atoms with Crippen LogP contribution in [0.4, 0.5) is 16.8 Å². The third kappa shape index (κ3) is 2.47. The van der Waals surface area contributed by atoms with E-state index in [1.54, 1.807) is 13.0 Å². The number of hydrogen-bond donors (Lipinski definition) is 2. The SMILES string of the molecule is CCc1cnc(Nc2s[nH]c(=O)c2C#N)nc1[N+](=O)[O-]. The van der Waals surface area contributed by atoms with E-state index in [0.29, 0.717) is 12.0 Å². The van der Waals surface area contributed by atoms with Gasteiger partial charge in [-0.25, -0.2) is 0 Å². The van der Waals surface area contributed by atoms with Gasteiger partial charge in [0.2, 0.25) is 0 Å². The first-order valence-corrected chi connectivity index (χ1v) is 6.27. The zero-order valence-electron chi connectivity index (χ0n) is 10.2. The van der Waals surface area contributed by atoms with E-state index in [9.17, 15) is 14.9 Å². The van der Waals surface area contributed by atoms with Crippen molar-refractivity contribution in [1.82, 2.24) is 14.3 Å². The lowest BCUT2D eigenvalue weighted by atomic mass is 10.2. The van der Waals surface area contributed by atoms with Crippen molar-refractivity contribution < 1.29 is 4.92 Å². The lowest BCUT2D eigenvalue weighted by Crippen LogP contribution is -2.06. The molecule has 2 N–H and O–H groups in total. The predicted molar refractivity (Wildman–Crippen MR) is 71.0 cm³/mol. The molecule has 9 nitrogen and oxygen atoms in total. The minimum atomic E-state index is -0.601. The highest BCUT2D eigenvalue weighted by atomic mass is 32.1. The highest BCUT2D eigenvalue weighted by Gasteiger charge is 2.19. The quantitative estimate of drug-likeness (QED) is 0.640. The van der Waals surface area contributed by atoms with Crippen molar-refractivity contribution in [3.8, 4) is 6.07 Å². The summed E-state index contributed by atoms with van der Waals surface area (Å²) in [6.45, 7) is 1.75. The Morgan fingerprint density at radius 3 is 3.00 bits per heavy atom. The second kappa shape index (κ2) is 5.45. The monoisotopic (exact) mass is 292 g/mol. The molecule has 0 amide bonds. The molecule has 0 aromatic carbocycles. The minimum Gasteiger partial charge on any atom is -0.358 e. The predicted octanol–water partition coefficient (Wildman–Crippen LogP) is 1.31. The van der Waals surface area contributed by atoms with Gasteiger partial charge >= 0.3 is 11.8 Å². The van der Waals surface area contributed by atoms with E-state index in [4.69, 9.17) is 5.26 Å². The van der Waals surface area contributed by atoms with Gasteiger partial charge in [0.1, 0.15) is 11.1 Å². The maximum atomic E-state index is 11.3. The van der Waals surface area contributed by atoms with Crippen LogP contribution in [0.5, 0.6) is 0 Å². The van der Waals surface area contributed by atoms with Gasteiger partial charge in [-0.3, -0.25) is 14.5 Å². The Bertz CT molecular complexity index is 759. The van der Waals surface area contributed by atoms with E-state index in [1.807, 2.05) is 0 Å². The van der Waals surface area contributed by atoms with Crippen LogP contribution in [0.2, 0.25) is 0 Å². The van der Waals surface area contributed by atoms with Crippen molar-refractivity contribution in [3.63, 3.8) is 0 Å². The smallest absolute Gasteiger partial charge is 0.358 e. The Kier molecular flexibility index (Phi) is 3.72. The molecule has 2 heterocycles. The first-order chi connectivity index (χ1) is 9.56. The molecule has 0 atom stereocenters. The van der Waals surface area contributed by atoms with E-state index in [2.05, 4.69) is 19.7 Å². The number of nitriles is 1. The molecule has 0 spiro atoms. The Morgan fingerprint density at radius 2 is 2.40 bits per heavy atom. The number of nitrogens with zero attached hydrogens (tertiary/aromatic N) is 4. The van der Waals surface area contributed by atoms with Crippen LogP contribution >= 0.6 is 11.5 Å². The van der Waals surface area contributed by atoms with Crippen LogP contribution in [-0.4, -0.2) is 19.3 Å². The van der Waals surface area contributed by atoms with Gasteiger partial charge in [-0.05, 0) is 22.9 Å². The number of nitro groups is 1. The molecule has 0 bridgehead atoms. The zero-order valence-corrected chi connectivity index (χ0v) is 11.0. The maximum absolute atomic E-state index is 11.3. The van der Waals surface area contributed by atoms with Crippen LogP contribution in [0, 0.1) is 21.4 Å². The fourth-order valence-electron chi connectivity index (χ4n) is 1.46. The van der Waals surface area contributed by atoms with E-state index in [1.165, 1.54) is 6.20 Å². The largest absolute Gasteiger partial charge is 0.372 e. The molecule has 0 unspecified atom stereocenters. The number of aryl methyl sites for hydroxylation is 1. The number of aromatic nitrogens is 3. The van der Waals surface area contributed by atoms with Crippen LogP contribution in [0.1, 0.15) is 18.1 Å². The molecule has 0 saturated heterocycles. The van der Waals surface area contributed by atoms with Crippen LogP contribution in [0.25, 0.3) is 0 Å². The lowest BCUT2D eigenvalue weighted by molar-refractivity contribution is -0.390. The first-order valence-electron chi connectivity index (χ1n) is 5.45. The summed E-state index contributed by atoms with van der Waals surface area (Å²) in [5, 5.41) is 22.6. The number of rotatable bonds is 4. The Morgan fingerprint density at radius 1 is 1.65 bits per heavy atom. The summed E-state index contributed by atoms with van der Waals surface area (Å²) in [5.41, 5.74) is -0.233. The molecule has 0 saturated carbocycles. The molecular formula is C10H8N6O3S. The molecule has 2 aromatic rings. The normalized spacial score (nSPS) is 10.0. The van der Waals surface area contributed by atoms with Gasteiger partial charge in [0.15, 0.2) is 5.56 Å². The Labute approximate surface area is 116 Å². The van der Waals surface area contributed by atoms with Gasteiger partial charge < -0.3 is 10.1 Å². The second-order valence-corrected chi connectivity index (χ2v) is 4.44. The van der Waals surface area contributed by atoms with Gasteiger partial charge in [-0.1, -0.05) is 6.92 Å². The Hall–Kier alpha value is -2.80. The highest BCUT2D eigenvalue weighted by molar-refractivity contribution is 7.10. The van der Waals surface area contributed by atoms with E-state index in [-0.39, 0.29) is 22.3 Å². The summed E-state index contributed by atoms with van der Waals surface area (Å²) in [7, 11) is 0. The number of nitrogens with one attached hydrogen (secondary N) is 2. The first kappa shape index (κ1) is 13.6. The van der Waals surface area contributed by atoms with E-state index >= 15 is 0 Å². The molecule has 0 fully saturated rings. The van der Waals surface area contributed by atoms with Crippen molar-refractivity contribution in [1.29, 1.82) is 5.26 Å². The average Bonchev–Trinajstić information content (AvgIpc) is 2.78. The average molecular weight is 292 g/mol. The molecule has 20 heavy (non-hydrogen) atoms. The van der Waals surface area contributed by atoms with Crippen LogP contribution in [0.3, 0.4) is 0 Å². The number of H-pyrrole nitrogens is 1. The van der Waals surface area contributed by atoms with E-state index in [0.717, 1.165) is 11.5 Å². The van der Waals surface area contributed by atoms with Crippen molar-refractivity contribution in [3.05, 3.63) is 37.8 Å². The molecule has 0 aliphatic heterocycles. The standard InChI is InChI=1S/C10H8N6O3S/c1-2-5-4-12-10(13-7(5)16(18)19)14-9-6(3-11)8(17)15-20-9/h4H,2H2,1H3,(H,15,17)(H,12,13,14). The molecule has 0 aliphatic rings. The fraction of sp³-hybridized carbons (Fsp3) is 0.200. The molecular weight excluding hydrogens is 284 g/mol. The topological polar surface area (TPSA) is 138 Å². The Balaban J connectivity index is 2.40. The van der Waals surface area contributed by atoms with Gasteiger partial charge in [-0.2, -0.15) is 10.2 Å². The summed E-state index contributed by atoms with van der Waals surface area (Å²) in [6, 6.07) is 1.74. The lowest BCUT2D eigenvalue weighted by Gasteiger charge is -2.01. The summed E-state index contributed by atoms with van der Waals surface area (Å²) >= 11 is 0.899. The van der Waals surface area contributed by atoms with Crippen LogP contribution < -0.4 is 10.9 Å². The minimum absolute atomic E-state index is 0.0411. The molecule has 2 rings (SSSR count). The van der Waals surface area contributed by atoms with E-state index < -0.39 is 10.5 Å². The third-order valence-corrected chi connectivity index (χ3v) is 3.23. The fourth-order valence-corrected chi connectivity index (χ4v) is 2.14. The highest BCUT2D eigenvalue weighted by Crippen LogP contribution is 2.22. The second-order valence-electron chi connectivity index (χ2n) is 3.63. The summed E-state index contributed by atoms with van der Waals surface area (Å²) < 4.78 is 2.38. The maximum Gasteiger partial charge on any atom is 0.372 e. The van der Waals surface area contributed by atoms with Crippen molar-refractivity contribution in [2.24, 2.45) is 0 Å². The van der Waals surface area contributed by atoms with Crippen molar-refractivity contribution in [2.45, 2.75) is 13.3 Å². The van der Waals surface area contributed by atoms with Crippen molar-refractivity contribution >= 4 is 28.3 Å². The van der Waals surface area contributed by atoms with Gasteiger partial charge in [0.25, 0.3) is 5.56 Å². The number of aromatic amines is 1. The zero-order chi connectivity index (χ0) is 14.7. The molecule has 2 aromatic heterocycles. The van der Waals surface area contributed by atoms with Gasteiger partial charge in [0.05, 0.1) is 5.56 Å². The molecule has 102 valence electrons. The number of hydrogen-bond acceptors (Lipinski definition) is 8.